The standard InChI is InChI=1S/C19H21FN4S/c1-12-9-17(13(2)24(12)16-8-3-5-14(20)10-16)18-11-25-19(23-22-18)21-15-6-4-7-15/h3,5,8-10,15H,4,6-7,11H2,1-2H3,(H,21,23). The van der Waals surface area contributed by atoms with Gasteiger partial charge in [0.15, 0.2) is 5.17 Å². The molecule has 1 aliphatic heterocycles. The van der Waals surface area contributed by atoms with Crippen molar-refractivity contribution >= 4 is 22.6 Å². The summed E-state index contributed by atoms with van der Waals surface area (Å²) >= 11 is 1.70. The third-order valence-electron chi connectivity index (χ3n) is 4.82. The Morgan fingerprint density at radius 1 is 1.28 bits per heavy atom. The summed E-state index contributed by atoms with van der Waals surface area (Å²) in [6.45, 7) is 4.09. The molecule has 0 spiro atoms. The van der Waals surface area contributed by atoms with Gasteiger partial charge in [-0.1, -0.05) is 17.8 Å². The number of aromatic nitrogens is 1. The van der Waals surface area contributed by atoms with Crippen LogP contribution < -0.4 is 5.43 Å². The first kappa shape index (κ1) is 16.4. The summed E-state index contributed by atoms with van der Waals surface area (Å²) < 4.78 is 15.7. The van der Waals surface area contributed by atoms with Gasteiger partial charge in [0, 0.05) is 28.4 Å². The Labute approximate surface area is 151 Å². The molecule has 1 fully saturated rings. The number of hydrogen-bond acceptors (Lipinski definition) is 3. The van der Waals surface area contributed by atoms with Gasteiger partial charge in [0.25, 0.3) is 0 Å². The maximum atomic E-state index is 13.6. The molecule has 0 bridgehead atoms. The van der Waals surface area contributed by atoms with E-state index in [9.17, 15) is 4.39 Å². The fourth-order valence-corrected chi connectivity index (χ4v) is 4.10. The van der Waals surface area contributed by atoms with Crippen LogP contribution in [0.25, 0.3) is 5.69 Å². The molecule has 1 aliphatic carbocycles. The van der Waals surface area contributed by atoms with Gasteiger partial charge in [-0.2, -0.15) is 5.10 Å². The summed E-state index contributed by atoms with van der Waals surface area (Å²) in [5, 5.41) is 5.47. The fourth-order valence-electron chi connectivity index (χ4n) is 3.27. The first-order valence-electron chi connectivity index (χ1n) is 8.60. The number of hydrazone groups is 1. The largest absolute Gasteiger partial charge is 0.318 e. The molecule has 2 aliphatic rings. The molecular formula is C19H21FN4S. The molecule has 1 saturated carbocycles. The molecule has 0 amide bonds. The average molecular weight is 356 g/mol. The molecule has 130 valence electrons. The topological polar surface area (TPSA) is 41.7 Å². The second-order valence-corrected chi connectivity index (χ2v) is 7.54. The van der Waals surface area contributed by atoms with Gasteiger partial charge >= 0.3 is 0 Å². The van der Waals surface area contributed by atoms with Gasteiger partial charge in [0.2, 0.25) is 0 Å². The summed E-state index contributed by atoms with van der Waals surface area (Å²) in [5.41, 5.74) is 8.19. The van der Waals surface area contributed by atoms with Crippen molar-refractivity contribution in [3.63, 3.8) is 0 Å². The Kier molecular flexibility index (Phi) is 4.37. The Morgan fingerprint density at radius 3 is 2.76 bits per heavy atom. The fraction of sp³-hybridized carbons (Fsp3) is 0.368. The highest BCUT2D eigenvalue weighted by Gasteiger charge is 2.21. The first-order chi connectivity index (χ1) is 12.1. The lowest BCUT2D eigenvalue weighted by Crippen LogP contribution is -2.28. The van der Waals surface area contributed by atoms with Gasteiger partial charge in [-0.15, -0.1) is 0 Å². The third-order valence-corrected chi connectivity index (χ3v) is 5.70. The van der Waals surface area contributed by atoms with Crippen LogP contribution in [0.1, 0.15) is 36.2 Å². The molecule has 0 atom stereocenters. The number of hydrogen-bond donors (Lipinski definition) is 1. The third kappa shape index (κ3) is 3.23. The van der Waals surface area contributed by atoms with Crippen molar-refractivity contribution in [3.05, 3.63) is 53.1 Å². The van der Waals surface area contributed by atoms with Gasteiger partial charge in [-0.05, 0) is 57.4 Å². The van der Waals surface area contributed by atoms with E-state index >= 15 is 0 Å². The maximum Gasteiger partial charge on any atom is 0.177 e. The molecule has 6 heteroatoms. The molecule has 0 saturated heterocycles. The molecular weight excluding hydrogens is 335 g/mol. The number of thioether (sulfide) groups is 1. The minimum atomic E-state index is -0.226. The highest BCUT2D eigenvalue weighted by Crippen LogP contribution is 2.26. The Morgan fingerprint density at radius 2 is 2.12 bits per heavy atom. The highest BCUT2D eigenvalue weighted by molar-refractivity contribution is 8.14. The first-order valence-corrected chi connectivity index (χ1v) is 9.59. The molecule has 4 rings (SSSR count). The summed E-state index contributed by atoms with van der Waals surface area (Å²) in [6, 6.07) is 9.28. The molecule has 2 heterocycles. The number of aryl methyl sites for hydroxylation is 1. The number of nitrogens with one attached hydrogen (secondary N) is 1. The second-order valence-electron chi connectivity index (χ2n) is 6.58. The van der Waals surface area contributed by atoms with Gasteiger partial charge in [0.05, 0.1) is 11.8 Å². The van der Waals surface area contributed by atoms with Crippen LogP contribution in [0.15, 0.2) is 40.4 Å². The van der Waals surface area contributed by atoms with Crippen LogP contribution in [0.3, 0.4) is 0 Å². The molecule has 25 heavy (non-hydrogen) atoms. The van der Waals surface area contributed by atoms with Crippen molar-refractivity contribution in [2.45, 2.75) is 39.2 Å². The van der Waals surface area contributed by atoms with E-state index in [4.69, 9.17) is 0 Å². The van der Waals surface area contributed by atoms with Crippen LogP contribution in [-0.4, -0.2) is 27.2 Å². The lowest BCUT2D eigenvalue weighted by molar-refractivity contribution is 0.420. The average Bonchev–Trinajstić information content (AvgIpc) is 2.86. The number of halogens is 1. The lowest BCUT2D eigenvalue weighted by Gasteiger charge is -2.23. The van der Waals surface area contributed by atoms with Gasteiger partial charge in [0.1, 0.15) is 5.82 Å². The van der Waals surface area contributed by atoms with Crippen LogP contribution in [0.4, 0.5) is 4.39 Å². The Hall–Kier alpha value is -2.08. The van der Waals surface area contributed by atoms with Crippen molar-refractivity contribution < 1.29 is 4.39 Å². The van der Waals surface area contributed by atoms with E-state index in [1.165, 1.54) is 25.3 Å². The maximum absolute atomic E-state index is 13.6. The molecule has 0 radical (unpaired) electrons. The van der Waals surface area contributed by atoms with Gasteiger partial charge in [-0.3, -0.25) is 10.4 Å². The summed E-state index contributed by atoms with van der Waals surface area (Å²) in [5.74, 6) is 0.571. The van der Waals surface area contributed by atoms with E-state index in [1.807, 2.05) is 13.0 Å². The van der Waals surface area contributed by atoms with Gasteiger partial charge in [-0.25, -0.2) is 4.39 Å². The minimum absolute atomic E-state index is 0.226. The van der Waals surface area contributed by atoms with Crippen molar-refractivity contribution in [2.75, 3.05) is 5.75 Å². The van der Waals surface area contributed by atoms with Crippen LogP contribution in [0.5, 0.6) is 0 Å². The zero-order valence-corrected chi connectivity index (χ0v) is 15.2. The quantitative estimate of drug-likeness (QED) is 0.896. The summed E-state index contributed by atoms with van der Waals surface area (Å²) in [7, 11) is 0. The molecule has 1 N–H and O–H groups in total. The van der Waals surface area contributed by atoms with Crippen LogP contribution in [0, 0.1) is 19.7 Å². The zero-order chi connectivity index (χ0) is 17.4. The van der Waals surface area contributed by atoms with Crippen molar-refractivity contribution in [1.29, 1.82) is 0 Å². The predicted molar refractivity (Wildman–Crippen MR) is 102 cm³/mol. The van der Waals surface area contributed by atoms with E-state index in [-0.39, 0.29) is 5.82 Å². The summed E-state index contributed by atoms with van der Waals surface area (Å²) in [4.78, 5) is 4.69. The molecule has 2 aromatic rings. The number of nitrogens with zero attached hydrogens (tertiary/aromatic N) is 3. The lowest BCUT2D eigenvalue weighted by atomic mass is 9.94. The molecule has 1 aromatic heterocycles. The number of rotatable bonds is 3. The van der Waals surface area contributed by atoms with Crippen LogP contribution in [-0.2, 0) is 0 Å². The normalized spacial score (nSPS) is 19.5. The number of benzene rings is 1. The van der Waals surface area contributed by atoms with Crippen molar-refractivity contribution in [1.82, 2.24) is 9.99 Å². The van der Waals surface area contributed by atoms with Gasteiger partial charge < -0.3 is 4.57 Å². The van der Waals surface area contributed by atoms with E-state index in [2.05, 4.69) is 33.1 Å². The van der Waals surface area contributed by atoms with E-state index in [0.29, 0.717) is 6.04 Å². The SMILES string of the molecule is Cc1cc(C2=NNC(=NC3CCC3)SC2)c(C)n1-c1cccc(F)c1. The smallest absolute Gasteiger partial charge is 0.177 e. The van der Waals surface area contributed by atoms with Crippen molar-refractivity contribution in [3.8, 4) is 5.69 Å². The summed E-state index contributed by atoms with van der Waals surface area (Å²) in [6.07, 6.45) is 3.67. The minimum Gasteiger partial charge on any atom is -0.318 e. The van der Waals surface area contributed by atoms with Crippen molar-refractivity contribution in [2.24, 2.45) is 10.1 Å². The van der Waals surface area contributed by atoms with Crippen LogP contribution >= 0.6 is 11.8 Å². The molecule has 0 unspecified atom stereocenters. The number of aliphatic imine (C=N–C) groups is 1. The van der Waals surface area contributed by atoms with E-state index < -0.39 is 0 Å². The number of amidine groups is 1. The second kappa shape index (κ2) is 6.67. The zero-order valence-electron chi connectivity index (χ0n) is 14.4. The predicted octanol–water partition coefficient (Wildman–Crippen LogP) is 4.18. The Bertz CT molecular complexity index is 864. The van der Waals surface area contributed by atoms with E-state index in [1.54, 1.807) is 23.9 Å². The molecule has 4 nitrogen and oxygen atoms in total. The van der Waals surface area contributed by atoms with Crippen LogP contribution in [0.2, 0.25) is 0 Å². The molecule has 1 aromatic carbocycles. The monoisotopic (exact) mass is 356 g/mol. The Balaban J connectivity index is 1.61. The highest BCUT2D eigenvalue weighted by atomic mass is 32.2. The van der Waals surface area contributed by atoms with E-state index in [0.717, 1.165) is 39.3 Å².